The number of nitrogens with zero attached hydrogens (tertiary/aromatic N) is 3. The van der Waals surface area contributed by atoms with E-state index in [2.05, 4.69) is 34.2 Å². The Morgan fingerprint density at radius 3 is 2.29 bits per heavy atom. The van der Waals surface area contributed by atoms with Gasteiger partial charge in [0.2, 0.25) is 11.8 Å². The SMILES string of the molecule is CCC(O)CN=C(N)C(Cc1ccc(-c2ccc(CN3CCN(C(C)=O)CC3)cc2)c(OCCCOC)c1)C(N)=O.Cl. The second-order valence-corrected chi connectivity index (χ2v) is 10.5. The Balaban J connectivity index is 0.00000616. The molecule has 1 aliphatic rings. The zero-order chi connectivity index (χ0) is 29.8. The Hall–Kier alpha value is -3.18. The highest BCUT2D eigenvalue weighted by Gasteiger charge is 2.22. The first-order valence-corrected chi connectivity index (χ1v) is 14.3. The number of halogens is 1. The van der Waals surface area contributed by atoms with Gasteiger partial charge in [-0.05, 0) is 35.6 Å². The van der Waals surface area contributed by atoms with Gasteiger partial charge in [-0.3, -0.25) is 19.5 Å². The molecule has 3 rings (SSSR count). The molecule has 2 unspecified atom stereocenters. The number of aliphatic hydroxyl groups excluding tert-OH is 1. The van der Waals surface area contributed by atoms with Crippen molar-refractivity contribution >= 4 is 30.1 Å². The number of amides is 2. The van der Waals surface area contributed by atoms with Gasteiger partial charge in [0.1, 0.15) is 11.6 Å². The van der Waals surface area contributed by atoms with E-state index in [0.29, 0.717) is 25.4 Å². The maximum atomic E-state index is 12.2. The fourth-order valence-corrected chi connectivity index (χ4v) is 4.74. The lowest BCUT2D eigenvalue weighted by Gasteiger charge is -2.34. The number of carbonyl (C=O) groups excluding carboxylic acids is 2. The van der Waals surface area contributed by atoms with Crippen molar-refractivity contribution in [2.45, 2.75) is 45.8 Å². The topological polar surface area (TPSA) is 144 Å². The van der Waals surface area contributed by atoms with Crippen molar-refractivity contribution < 1.29 is 24.2 Å². The summed E-state index contributed by atoms with van der Waals surface area (Å²) >= 11 is 0. The Kier molecular flexibility index (Phi) is 14.8. The Labute approximate surface area is 255 Å². The molecule has 232 valence electrons. The lowest BCUT2D eigenvalue weighted by Crippen LogP contribution is -2.47. The number of piperazine rings is 1. The van der Waals surface area contributed by atoms with Crippen LogP contribution in [0.1, 0.15) is 37.8 Å². The molecule has 1 aliphatic heterocycles. The van der Waals surface area contributed by atoms with Crippen LogP contribution in [0.2, 0.25) is 0 Å². The fraction of sp³-hybridized carbons (Fsp3) is 0.516. The summed E-state index contributed by atoms with van der Waals surface area (Å²) in [6.07, 6.45) is 0.941. The third kappa shape index (κ3) is 10.6. The molecule has 0 radical (unpaired) electrons. The predicted molar refractivity (Wildman–Crippen MR) is 168 cm³/mol. The summed E-state index contributed by atoms with van der Waals surface area (Å²) in [6, 6.07) is 14.3. The lowest BCUT2D eigenvalue weighted by atomic mass is 9.94. The first-order valence-electron chi connectivity index (χ1n) is 14.3. The van der Waals surface area contributed by atoms with Gasteiger partial charge in [-0.25, -0.2) is 0 Å². The summed E-state index contributed by atoms with van der Waals surface area (Å²) in [5.74, 6) is -0.402. The summed E-state index contributed by atoms with van der Waals surface area (Å²) in [4.78, 5) is 32.3. The molecule has 5 N–H and O–H groups in total. The molecule has 2 aromatic carbocycles. The van der Waals surface area contributed by atoms with Gasteiger partial charge in [0.15, 0.2) is 0 Å². The number of hydrogen-bond donors (Lipinski definition) is 3. The van der Waals surface area contributed by atoms with Gasteiger partial charge in [-0.15, -0.1) is 12.4 Å². The summed E-state index contributed by atoms with van der Waals surface area (Å²) in [5.41, 5.74) is 15.8. The molecule has 2 amide bonds. The van der Waals surface area contributed by atoms with E-state index >= 15 is 0 Å². The van der Waals surface area contributed by atoms with E-state index in [1.807, 2.05) is 30.0 Å². The minimum atomic E-state index is -0.789. The summed E-state index contributed by atoms with van der Waals surface area (Å²) in [6.45, 7) is 8.75. The van der Waals surface area contributed by atoms with Gasteiger partial charge in [0.25, 0.3) is 0 Å². The van der Waals surface area contributed by atoms with E-state index in [-0.39, 0.29) is 37.1 Å². The minimum Gasteiger partial charge on any atom is -0.493 e. The number of carbonyl (C=O) groups is 2. The molecule has 0 aromatic heterocycles. The molecule has 2 atom stereocenters. The standard InChI is InChI=1S/C31H45N5O5.ClH/c1-4-26(38)20-34-30(32)28(31(33)39)18-24-8-11-27(29(19-24)41-17-5-16-40-3)25-9-6-23(7-10-25)21-35-12-14-36(15-13-35)22(2)37;/h6-11,19,26,28,38H,4-5,12-18,20-21H2,1-3H3,(H2,32,34)(H2,33,39);1H. The second-order valence-electron chi connectivity index (χ2n) is 10.5. The van der Waals surface area contributed by atoms with E-state index in [9.17, 15) is 14.7 Å². The van der Waals surface area contributed by atoms with E-state index < -0.39 is 17.9 Å². The largest absolute Gasteiger partial charge is 0.493 e. The first-order chi connectivity index (χ1) is 19.7. The number of ether oxygens (including phenoxy) is 2. The zero-order valence-corrected chi connectivity index (χ0v) is 25.8. The van der Waals surface area contributed by atoms with Crippen LogP contribution >= 0.6 is 12.4 Å². The third-order valence-corrected chi connectivity index (χ3v) is 7.38. The fourth-order valence-electron chi connectivity index (χ4n) is 4.74. The number of amidine groups is 1. The van der Waals surface area contributed by atoms with Crippen LogP contribution in [0.3, 0.4) is 0 Å². The maximum absolute atomic E-state index is 12.2. The number of primary amides is 1. The molecule has 0 bridgehead atoms. The normalized spacial score (nSPS) is 15.5. The smallest absolute Gasteiger partial charge is 0.228 e. The zero-order valence-electron chi connectivity index (χ0n) is 25.0. The number of nitrogens with two attached hydrogens (primary N) is 2. The molecular weight excluding hydrogens is 558 g/mol. The van der Waals surface area contributed by atoms with Crippen molar-refractivity contribution in [3.8, 4) is 16.9 Å². The van der Waals surface area contributed by atoms with Crippen LogP contribution in [0, 0.1) is 5.92 Å². The Bertz CT molecular complexity index is 1170. The molecule has 1 saturated heterocycles. The average Bonchev–Trinajstić information content (AvgIpc) is 2.97. The van der Waals surface area contributed by atoms with Crippen LogP contribution in [0.5, 0.6) is 5.75 Å². The van der Waals surface area contributed by atoms with Crippen molar-refractivity contribution in [1.82, 2.24) is 9.80 Å². The van der Waals surface area contributed by atoms with Crippen molar-refractivity contribution in [3.63, 3.8) is 0 Å². The number of hydrogen-bond acceptors (Lipinski definition) is 7. The van der Waals surface area contributed by atoms with Gasteiger partial charge in [0, 0.05) is 65.3 Å². The monoisotopic (exact) mass is 603 g/mol. The number of benzene rings is 2. The molecule has 10 nitrogen and oxygen atoms in total. The highest BCUT2D eigenvalue weighted by Crippen LogP contribution is 2.32. The van der Waals surface area contributed by atoms with E-state index in [0.717, 1.165) is 55.8 Å². The van der Waals surface area contributed by atoms with Crippen LogP contribution in [0.15, 0.2) is 47.5 Å². The summed E-state index contributed by atoms with van der Waals surface area (Å²) in [5, 5.41) is 9.82. The molecular formula is C31H46ClN5O5. The number of methoxy groups -OCH3 is 1. The highest BCUT2D eigenvalue weighted by molar-refractivity contribution is 6.02. The van der Waals surface area contributed by atoms with Gasteiger partial charge in [0.05, 0.1) is 25.2 Å². The van der Waals surface area contributed by atoms with E-state index in [4.69, 9.17) is 20.9 Å². The van der Waals surface area contributed by atoms with E-state index in [1.165, 1.54) is 5.56 Å². The summed E-state index contributed by atoms with van der Waals surface area (Å²) in [7, 11) is 1.66. The molecule has 2 aromatic rings. The van der Waals surface area contributed by atoms with Crippen LogP contribution in [0.25, 0.3) is 11.1 Å². The van der Waals surface area contributed by atoms with Crippen molar-refractivity contribution in [2.75, 3.05) is 53.0 Å². The lowest BCUT2D eigenvalue weighted by molar-refractivity contribution is -0.130. The molecule has 0 saturated carbocycles. The molecule has 1 fully saturated rings. The molecule has 0 spiro atoms. The van der Waals surface area contributed by atoms with Crippen LogP contribution in [-0.2, 0) is 27.3 Å². The predicted octanol–water partition coefficient (Wildman–Crippen LogP) is 2.63. The molecule has 1 heterocycles. The quantitative estimate of drug-likeness (QED) is 0.161. The van der Waals surface area contributed by atoms with Crippen molar-refractivity contribution in [1.29, 1.82) is 0 Å². The van der Waals surface area contributed by atoms with Crippen molar-refractivity contribution in [2.24, 2.45) is 22.4 Å². The summed E-state index contributed by atoms with van der Waals surface area (Å²) < 4.78 is 11.3. The van der Waals surface area contributed by atoms with E-state index in [1.54, 1.807) is 14.0 Å². The highest BCUT2D eigenvalue weighted by atomic mass is 35.5. The van der Waals surface area contributed by atoms with Gasteiger partial charge < -0.3 is 30.9 Å². The number of rotatable bonds is 15. The van der Waals surface area contributed by atoms with Crippen LogP contribution < -0.4 is 16.2 Å². The average molecular weight is 604 g/mol. The molecule has 0 aliphatic carbocycles. The first kappa shape index (κ1) is 35.0. The Morgan fingerprint density at radius 1 is 1.02 bits per heavy atom. The molecule has 42 heavy (non-hydrogen) atoms. The van der Waals surface area contributed by atoms with Gasteiger partial charge in [-0.2, -0.15) is 0 Å². The molecule has 11 heteroatoms. The minimum absolute atomic E-state index is 0. The third-order valence-electron chi connectivity index (χ3n) is 7.38. The number of aliphatic imine (C=N–C) groups is 1. The van der Waals surface area contributed by atoms with Gasteiger partial charge >= 0.3 is 0 Å². The van der Waals surface area contributed by atoms with Crippen LogP contribution in [0.4, 0.5) is 0 Å². The second kappa shape index (κ2) is 17.7. The maximum Gasteiger partial charge on any atom is 0.228 e. The van der Waals surface area contributed by atoms with Gasteiger partial charge in [-0.1, -0.05) is 43.3 Å². The number of aliphatic hydroxyl groups is 1. The Morgan fingerprint density at radius 2 is 1.69 bits per heavy atom. The van der Waals surface area contributed by atoms with Crippen LogP contribution in [-0.4, -0.2) is 91.7 Å². The van der Waals surface area contributed by atoms with Crippen molar-refractivity contribution in [3.05, 3.63) is 53.6 Å².